The predicted octanol–water partition coefficient (Wildman–Crippen LogP) is 1.30. The smallest absolute Gasteiger partial charge is 0.296 e. The van der Waals surface area contributed by atoms with Crippen LogP contribution < -0.4 is 16.8 Å². The Hall–Kier alpha value is -3.71. The van der Waals surface area contributed by atoms with Gasteiger partial charge in [0.25, 0.3) is 30.4 Å². The fraction of sp³-hybridized carbons (Fsp3) is 0.0909. The summed E-state index contributed by atoms with van der Waals surface area (Å²) in [6, 6.07) is 5.64. The van der Waals surface area contributed by atoms with Gasteiger partial charge in [-0.15, -0.1) is 0 Å². The summed E-state index contributed by atoms with van der Waals surface area (Å²) in [5.41, 5.74) is 8.20. The summed E-state index contributed by atoms with van der Waals surface area (Å²) in [6.07, 6.45) is 0. The summed E-state index contributed by atoms with van der Waals surface area (Å²) in [6.45, 7) is 1.20. The second-order valence-electron chi connectivity index (χ2n) is 8.50. The molecule has 0 amide bonds. The zero-order chi connectivity index (χ0) is 29.2. The van der Waals surface area contributed by atoms with Crippen molar-refractivity contribution in [1.29, 1.82) is 0 Å². The Labute approximate surface area is 221 Å². The summed E-state index contributed by atoms with van der Waals surface area (Å²) in [7, 11) is -14.9. The number of rotatable bonds is 6. The van der Waals surface area contributed by atoms with Gasteiger partial charge in [-0.1, -0.05) is 6.07 Å². The van der Waals surface area contributed by atoms with E-state index < -0.39 is 84.7 Å². The number of hydrogen-bond donors (Lipinski definition) is 6. The molecule has 0 heterocycles. The van der Waals surface area contributed by atoms with Crippen LogP contribution in [0.5, 0.6) is 0 Å². The third kappa shape index (κ3) is 4.91. The van der Waals surface area contributed by atoms with Crippen molar-refractivity contribution in [3.63, 3.8) is 0 Å². The Morgan fingerprint density at radius 2 is 1.36 bits per heavy atom. The standard InChI is InChI=1S/C22H19N3O11S3/c1-9-4-10(8-23)20(16(5-9)39(34,35)36)25-14-7-15(38(31,32)33)19(24)18-17(14)22(27)13-6-11(37(28,29)30)2-3-12(13)21(18)26/h2-7,25H,8,23-24H2,1H3,(H,28,29,30)(H,31,32,33)(H,34,35,36). The van der Waals surface area contributed by atoms with E-state index >= 15 is 0 Å². The van der Waals surface area contributed by atoms with Crippen LogP contribution in [-0.4, -0.2) is 50.5 Å². The minimum Gasteiger partial charge on any atom is -0.397 e. The topological polar surface area (TPSA) is 261 Å². The molecule has 0 radical (unpaired) electrons. The Balaban J connectivity index is 2.11. The molecule has 0 saturated carbocycles. The van der Waals surface area contributed by atoms with Gasteiger partial charge >= 0.3 is 0 Å². The van der Waals surface area contributed by atoms with Crippen molar-refractivity contribution < 1.29 is 48.5 Å². The lowest BCUT2D eigenvalue weighted by Gasteiger charge is -2.25. The fourth-order valence-corrected chi connectivity index (χ4v) is 6.19. The van der Waals surface area contributed by atoms with Gasteiger partial charge in [-0.2, -0.15) is 25.3 Å². The van der Waals surface area contributed by atoms with Gasteiger partial charge in [0, 0.05) is 17.7 Å². The SMILES string of the molecule is Cc1cc(CN)c(Nc2cc(S(=O)(=O)O)c(N)c3c2C(=O)c2cc(S(=O)(=O)O)ccc2C3=O)c(S(=O)(=O)O)c1. The molecule has 0 atom stereocenters. The largest absolute Gasteiger partial charge is 0.397 e. The third-order valence-electron chi connectivity index (χ3n) is 5.93. The lowest BCUT2D eigenvalue weighted by molar-refractivity contribution is 0.0980. The number of benzene rings is 3. The highest BCUT2D eigenvalue weighted by Gasteiger charge is 2.38. The van der Waals surface area contributed by atoms with E-state index in [1.807, 2.05) is 0 Å². The van der Waals surface area contributed by atoms with Gasteiger partial charge in [0.1, 0.15) is 9.79 Å². The predicted molar refractivity (Wildman–Crippen MR) is 136 cm³/mol. The van der Waals surface area contributed by atoms with E-state index in [9.17, 15) is 48.5 Å². The molecule has 0 spiro atoms. The summed E-state index contributed by atoms with van der Waals surface area (Å²) in [5.74, 6) is -2.10. The number of carbonyl (C=O) groups excluding carboxylic acids is 2. The van der Waals surface area contributed by atoms with Crippen molar-refractivity contribution in [2.75, 3.05) is 11.1 Å². The van der Waals surface area contributed by atoms with Gasteiger partial charge in [0.2, 0.25) is 0 Å². The molecule has 0 aliphatic heterocycles. The molecule has 0 fully saturated rings. The molecule has 14 nitrogen and oxygen atoms in total. The number of nitrogen functional groups attached to an aromatic ring is 1. The highest BCUT2D eigenvalue weighted by Crippen LogP contribution is 2.42. The zero-order valence-electron chi connectivity index (χ0n) is 19.7. The summed E-state index contributed by atoms with van der Waals surface area (Å²) >= 11 is 0. The highest BCUT2D eigenvalue weighted by molar-refractivity contribution is 7.86. The Morgan fingerprint density at radius 1 is 0.769 bits per heavy atom. The van der Waals surface area contributed by atoms with Gasteiger partial charge < -0.3 is 16.8 Å². The molecular weight excluding hydrogens is 578 g/mol. The van der Waals surface area contributed by atoms with Crippen molar-refractivity contribution in [1.82, 2.24) is 0 Å². The second-order valence-corrected chi connectivity index (χ2v) is 12.7. The van der Waals surface area contributed by atoms with Gasteiger partial charge in [-0.05, 0) is 48.4 Å². The molecule has 0 saturated heterocycles. The van der Waals surface area contributed by atoms with E-state index in [-0.39, 0.29) is 23.4 Å². The molecule has 3 aromatic rings. The number of ketones is 2. The highest BCUT2D eigenvalue weighted by atomic mass is 32.2. The van der Waals surface area contributed by atoms with Crippen LogP contribution in [0.4, 0.5) is 17.1 Å². The molecule has 0 aromatic heterocycles. The first-order valence-electron chi connectivity index (χ1n) is 10.6. The molecule has 1 aliphatic rings. The first-order valence-corrected chi connectivity index (χ1v) is 14.9. The van der Waals surface area contributed by atoms with E-state index in [1.165, 1.54) is 13.0 Å². The first-order chi connectivity index (χ1) is 17.9. The number of hydrogen-bond acceptors (Lipinski definition) is 11. The minimum absolute atomic E-state index is 0.0882. The van der Waals surface area contributed by atoms with E-state index in [1.54, 1.807) is 0 Å². The van der Waals surface area contributed by atoms with Crippen LogP contribution in [0.3, 0.4) is 0 Å². The first kappa shape index (κ1) is 28.3. The molecular formula is C22H19N3O11S3. The van der Waals surface area contributed by atoms with E-state index in [4.69, 9.17) is 11.5 Å². The summed E-state index contributed by atoms with van der Waals surface area (Å²) in [4.78, 5) is 24.6. The number of nitrogens with two attached hydrogens (primary N) is 2. The van der Waals surface area contributed by atoms with Gasteiger partial charge in [0.15, 0.2) is 11.6 Å². The summed E-state index contributed by atoms with van der Waals surface area (Å²) < 4.78 is 101. The van der Waals surface area contributed by atoms with Gasteiger partial charge in [0.05, 0.1) is 33.1 Å². The Morgan fingerprint density at radius 3 is 1.90 bits per heavy atom. The number of anilines is 3. The minimum atomic E-state index is -5.12. The van der Waals surface area contributed by atoms with Crippen LogP contribution >= 0.6 is 0 Å². The molecule has 3 aromatic carbocycles. The summed E-state index contributed by atoms with van der Waals surface area (Å²) in [5, 5.41) is 2.53. The van der Waals surface area contributed by atoms with E-state index in [0.717, 1.165) is 24.3 Å². The van der Waals surface area contributed by atoms with Crippen molar-refractivity contribution in [3.8, 4) is 0 Å². The van der Waals surface area contributed by atoms with Crippen LogP contribution in [-0.2, 0) is 36.9 Å². The normalized spacial score (nSPS) is 13.7. The molecule has 0 bridgehead atoms. The maximum absolute atomic E-state index is 13.6. The molecule has 1 aliphatic carbocycles. The van der Waals surface area contributed by atoms with Crippen molar-refractivity contribution in [2.45, 2.75) is 28.2 Å². The molecule has 206 valence electrons. The molecule has 8 N–H and O–H groups in total. The van der Waals surface area contributed by atoms with Gasteiger partial charge in [-0.25, -0.2) is 0 Å². The van der Waals surface area contributed by atoms with Crippen LogP contribution in [0, 0.1) is 6.92 Å². The number of nitrogens with one attached hydrogen (secondary N) is 1. The Bertz CT molecular complexity index is 1950. The third-order valence-corrected chi connectivity index (χ3v) is 8.55. The van der Waals surface area contributed by atoms with Gasteiger partial charge in [-0.3, -0.25) is 23.2 Å². The molecule has 4 rings (SSSR count). The molecule has 39 heavy (non-hydrogen) atoms. The average Bonchev–Trinajstić information content (AvgIpc) is 2.81. The maximum Gasteiger partial charge on any atom is 0.296 e. The second kappa shape index (κ2) is 9.19. The fourth-order valence-electron chi connectivity index (χ4n) is 4.26. The van der Waals surface area contributed by atoms with Crippen molar-refractivity contribution >= 4 is 59.0 Å². The van der Waals surface area contributed by atoms with Crippen LogP contribution in [0.1, 0.15) is 43.0 Å². The monoisotopic (exact) mass is 597 g/mol. The molecule has 0 unspecified atom stereocenters. The zero-order valence-corrected chi connectivity index (χ0v) is 22.1. The molecule has 17 heteroatoms. The van der Waals surface area contributed by atoms with Crippen LogP contribution in [0.15, 0.2) is 51.1 Å². The number of carbonyl (C=O) groups is 2. The van der Waals surface area contributed by atoms with Crippen molar-refractivity contribution in [3.05, 3.63) is 69.8 Å². The average molecular weight is 598 g/mol. The Kier molecular flexibility index (Phi) is 6.67. The van der Waals surface area contributed by atoms with E-state index in [2.05, 4.69) is 5.32 Å². The van der Waals surface area contributed by atoms with E-state index in [0.29, 0.717) is 11.6 Å². The lowest BCUT2D eigenvalue weighted by atomic mass is 9.82. The van der Waals surface area contributed by atoms with Crippen LogP contribution in [0.25, 0.3) is 0 Å². The maximum atomic E-state index is 13.6. The quantitative estimate of drug-likeness (QED) is 0.135. The van der Waals surface area contributed by atoms with Crippen LogP contribution in [0.2, 0.25) is 0 Å². The lowest BCUT2D eigenvalue weighted by Crippen LogP contribution is -2.26. The number of aryl methyl sites for hydroxylation is 1. The number of fused-ring (bicyclic) bond motifs is 2. The van der Waals surface area contributed by atoms with Crippen molar-refractivity contribution in [2.24, 2.45) is 5.73 Å².